The largest absolute Gasteiger partial charge is 0.451 e. The fraction of sp³-hybridized carbons (Fsp3) is 0. The molecule has 0 bridgehead atoms. The van der Waals surface area contributed by atoms with E-state index in [4.69, 9.17) is 0 Å². The van der Waals surface area contributed by atoms with Crippen LogP contribution in [0.1, 0.15) is 10.5 Å². The molecule has 0 atom stereocenters. The molecule has 0 saturated heterocycles. The van der Waals surface area contributed by atoms with Gasteiger partial charge in [0.25, 0.3) is 5.91 Å². The van der Waals surface area contributed by atoms with Crippen LogP contribution in [0.2, 0.25) is 0 Å². The van der Waals surface area contributed by atoms with E-state index < -0.39 is 0 Å². The average molecular weight is 251 g/mol. The Bertz CT molecular complexity index is 387. The number of nitrogens with zero attached hydrogens (tertiary/aromatic N) is 2. The number of anilines is 1. The molecule has 0 radical (unpaired) electrons. The van der Waals surface area contributed by atoms with Gasteiger partial charge in [0, 0.05) is 6.20 Å². The van der Waals surface area contributed by atoms with E-state index in [1.165, 1.54) is 18.9 Å². The number of H-pyrrole nitrogens is 1. The summed E-state index contributed by atoms with van der Waals surface area (Å²) in [4.78, 5) is 15.0. The summed E-state index contributed by atoms with van der Waals surface area (Å²) in [6.45, 7) is 0. The van der Waals surface area contributed by atoms with Crippen molar-refractivity contribution in [3.63, 3.8) is 0 Å². The number of aromatic amines is 1. The molecule has 2 aromatic rings. The molecule has 15 heavy (non-hydrogen) atoms. The highest BCUT2D eigenvalue weighted by atomic mass is 35.5. The molecule has 0 aliphatic rings. The molecule has 0 saturated carbocycles. The third-order valence-electron chi connectivity index (χ3n) is 1.42. The Morgan fingerprint density at radius 2 is 2.27 bits per heavy atom. The first-order valence-electron chi connectivity index (χ1n) is 3.54. The summed E-state index contributed by atoms with van der Waals surface area (Å²) in [5.41, 5.74) is 0.828. The molecule has 0 fully saturated rings. The van der Waals surface area contributed by atoms with Crippen LogP contribution in [-0.2, 0) is 0 Å². The fourth-order valence-electron chi connectivity index (χ4n) is 0.839. The molecule has 0 aliphatic heterocycles. The summed E-state index contributed by atoms with van der Waals surface area (Å²) in [5.74, 6) is -0.324. The summed E-state index contributed by atoms with van der Waals surface area (Å²) in [6.07, 6.45) is 5.54. The Kier molecular flexibility index (Phi) is 5.43. The molecule has 0 spiro atoms. The lowest BCUT2D eigenvalue weighted by Crippen LogP contribution is -2.11. The summed E-state index contributed by atoms with van der Waals surface area (Å²) >= 11 is 0. The lowest BCUT2D eigenvalue weighted by molar-refractivity contribution is 0.102. The summed E-state index contributed by atoms with van der Waals surface area (Å²) in [6, 6.07) is 0. The van der Waals surface area contributed by atoms with E-state index >= 15 is 0 Å². The zero-order valence-electron chi connectivity index (χ0n) is 7.34. The van der Waals surface area contributed by atoms with Gasteiger partial charge in [-0.05, 0) is 0 Å². The molecule has 0 aliphatic carbocycles. The monoisotopic (exact) mass is 250 g/mol. The number of rotatable bonds is 2. The molecule has 82 valence electrons. The lowest BCUT2D eigenvalue weighted by atomic mass is 10.4. The van der Waals surface area contributed by atoms with E-state index in [2.05, 4.69) is 24.9 Å². The van der Waals surface area contributed by atoms with Gasteiger partial charge in [-0.25, -0.2) is 4.98 Å². The van der Waals surface area contributed by atoms with Crippen molar-refractivity contribution in [3.05, 3.63) is 30.7 Å². The van der Waals surface area contributed by atoms with E-state index in [0.717, 1.165) is 0 Å². The summed E-state index contributed by atoms with van der Waals surface area (Å²) in [7, 11) is 0. The quantitative estimate of drug-likeness (QED) is 0.846. The van der Waals surface area contributed by atoms with Crippen LogP contribution in [0.15, 0.2) is 29.5 Å². The van der Waals surface area contributed by atoms with Gasteiger partial charge in [-0.15, -0.1) is 24.8 Å². The van der Waals surface area contributed by atoms with Crippen LogP contribution >= 0.6 is 24.8 Å². The Morgan fingerprint density at radius 1 is 1.47 bits per heavy atom. The van der Waals surface area contributed by atoms with E-state index in [1.54, 1.807) is 6.20 Å². The van der Waals surface area contributed by atoms with Gasteiger partial charge in [-0.2, -0.15) is 5.10 Å². The minimum absolute atomic E-state index is 0. The van der Waals surface area contributed by atoms with Crippen LogP contribution in [0.25, 0.3) is 0 Å². The van der Waals surface area contributed by atoms with E-state index in [1.807, 2.05) is 0 Å². The molecule has 2 heterocycles. The number of carbonyl (C=O) groups is 1. The normalized spacial score (nSPS) is 8.53. The van der Waals surface area contributed by atoms with E-state index in [-0.39, 0.29) is 36.4 Å². The first-order chi connectivity index (χ1) is 6.36. The van der Waals surface area contributed by atoms with Crippen LogP contribution in [-0.4, -0.2) is 21.1 Å². The number of halogens is 2. The number of hydrogen-bond acceptors (Lipinski definition) is 4. The van der Waals surface area contributed by atoms with Crippen LogP contribution in [0.3, 0.4) is 0 Å². The smallest absolute Gasteiger partial charge is 0.277 e. The molecule has 1 amide bonds. The number of aromatic nitrogens is 3. The van der Waals surface area contributed by atoms with Crippen molar-refractivity contribution in [1.82, 2.24) is 15.2 Å². The molecule has 0 unspecified atom stereocenters. The first-order valence-corrected chi connectivity index (χ1v) is 3.54. The zero-order valence-corrected chi connectivity index (χ0v) is 8.97. The molecule has 8 heteroatoms. The third kappa shape index (κ3) is 3.26. The fourth-order valence-corrected chi connectivity index (χ4v) is 0.839. The molecule has 6 nitrogen and oxygen atoms in total. The Balaban J connectivity index is 0.000000980. The second kappa shape index (κ2) is 6.05. The van der Waals surface area contributed by atoms with Crippen LogP contribution in [0.5, 0.6) is 0 Å². The van der Waals surface area contributed by atoms with Gasteiger partial charge in [-0.3, -0.25) is 9.89 Å². The predicted octanol–water partition coefficient (Wildman–Crippen LogP) is 1.49. The van der Waals surface area contributed by atoms with Crippen LogP contribution in [0, 0.1) is 0 Å². The maximum absolute atomic E-state index is 11.3. The Labute approximate surface area is 97.3 Å². The van der Waals surface area contributed by atoms with Gasteiger partial charge < -0.3 is 9.73 Å². The van der Waals surface area contributed by atoms with Crippen molar-refractivity contribution in [3.8, 4) is 0 Å². The van der Waals surface area contributed by atoms with Gasteiger partial charge in [0.2, 0.25) is 0 Å². The van der Waals surface area contributed by atoms with Crippen molar-refractivity contribution in [2.24, 2.45) is 0 Å². The lowest BCUT2D eigenvalue weighted by Gasteiger charge is -1.95. The minimum Gasteiger partial charge on any atom is -0.451 e. The number of hydrogen-bond donors (Lipinski definition) is 2. The topological polar surface area (TPSA) is 83.8 Å². The van der Waals surface area contributed by atoms with Gasteiger partial charge in [-0.1, -0.05) is 0 Å². The molecule has 2 rings (SSSR count). The second-order valence-electron chi connectivity index (χ2n) is 2.31. The van der Waals surface area contributed by atoms with Crippen molar-refractivity contribution in [2.75, 3.05) is 5.32 Å². The Hall–Kier alpha value is -1.53. The zero-order chi connectivity index (χ0) is 9.10. The highest BCUT2D eigenvalue weighted by molar-refractivity contribution is 6.02. The van der Waals surface area contributed by atoms with Crippen molar-refractivity contribution in [1.29, 1.82) is 0 Å². The third-order valence-corrected chi connectivity index (χ3v) is 1.42. The molecule has 2 N–H and O–H groups in total. The van der Waals surface area contributed by atoms with E-state index in [9.17, 15) is 4.79 Å². The predicted molar refractivity (Wildman–Crippen MR) is 57.5 cm³/mol. The Morgan fingerprint density at radius 3 is 2.80 bits per heavy atom. The summed E-state index contributed by atoms with van der Waals surface area (Å²) < 4.78 is 4.66. The highest BCUT2D eigenvalue weighted by Gasteiger charge is 2.08. The van der Waals surface area contributed by atoms with Gasteiger partial charge >= 0.3 is 0 Å². The highest BCUT2D eigenvalue weighted by Crippen LogP contribution is 2.04. The number of carbonyl (C=O) groups excluding carboxylic acids is 1. The van der Waals surface area contributed by atoms with Crippen molar-refractivity contribution < 1.29 is 9.21 Å². The molecular formula is C7H8Cl2N4O2. The maximum atomic E-state index is 11.3. The van der Waals surface area contributed by atoms with Crippen molar-refractivity contribution >= 4 is 36.4 Å². The summed E-state index contributed by atoms with van der Waals surface area (Å²) in [5, 5.41) is 8.81. The molecule has 2 aromatic heterocycles. The number of oxazole rings is 1. The van der Waals surface area contributed by atoms with Crippen molar-refractivity contribution in [2.45, 2.75) is 0 Å². The second-order valence-corrected chi connectivity index (χ2v) is 2.31. The number of nitrogens with one attached hydrogen (secondary N) is 2. The standard InChI is InChI=1S/C7H6N4O2.2ClH/c12-7(6-3-13-4-8-6)11-5-1-9-10-2-5;;/h1-4H,(H,9,10)(H,11,12);2*1H. The SMILES string of the molecule is Cl.Cl.O=C(Nc1cn[nH]c1)c1cocn1. The van der Waals surface area contributed by atoms with Gasteiger partial charge in [0.05, 0.1) is 11.9 Å². The van der Waals surface area contributed by atoms with Crippen LogP contribution < -0.4 is 5.32 Å². The first kappa shape index (κ1) is 13.5. The van der Waals surface area contributed by atoms with Gasteiger partial charge in [0.15, 0.2) is 12.1 Å². The van der Waals surface area contributed by atoms with E-state index in [0.29, 0.717) is 5.69 Å². The molecular weight excluding hydrogens is 243 g/mol. The van der Waals surface area contributed by atoms with Gasteiger partial charge in [0.1, 0.15) is 6.26 Å². The maximum Gasteiger partial charge on any atom is 0.277 e. The molecule has 0 aromatic carbocycles. The average Bonchev–Trinajstić information content (AvgIpc) is 2.74. The van der Waals surface area contributed by atoms with Crippen LogP contribution in [0.4, 0.5) is 5.69 Å². The minimum atomic E-state index is -0.324. The number of amides is 1.